The van der Waals surface area contributed by atoms with E-state index in [2.05, 4.69) is 46.6 Å². The van der Waals surface area contributed by atoms with Crippen molar-refractivity contribution in [2.24, 2.45) is 5.92 Å². The van der Waals surface area contributed by atoms with Gasteiger partial charge in [0.25, 0.3) is 0 Å². The molecule has 0 spiro atoms. The van der Waals surface area contributed by atoms with E-state index < -0.39 is 0 Å². The smallest absolute Gasteiger partial charge is 0.407 e. The minimum Gasteiger partial charge on any atom is -0.449 e. The number of likely N-dealkylation sites (tertiary alicyclic amines) is 1. The highest BCUT2D eigenvalue weighted by Gasteiger charge is 2.29. The number of aliphatic hydroxyl groups excluding tert-OH is 1. The number of aliphatic hydroxyl groups is 1. The molecule has 1 aliphatic heterocycles. The third-order valence-electron chi connectivity index (χ3n) is 6.01. The molecular weight excluding hydrogens is 352 g/mol. The van der Waals surface area contributed by atoms with Crippen molar-refractivity contribution in [1.82, 2.24) is 10.2 Å². The van der Waals surface area contributed by atoms with Crippen LogP contribution in [-0.4, -0.2) is 55.5 Å². The minimum absolute atomic E-state index is 0.0932. The lowest BCUT2D eigenvalue weighted by Gasteiger charge is -2.30. The highest BCUT2D eigenvalue weighted by Crippen LogP contribution is 2.44. The van der Waals surface area contributed by atoms with Gasteiger partial charge in [-0.25, -0.2) is 4.79 Å². The topological polar surface area (TPSA) is 61.8 Å². The average molecular weight is 380 g/mol. The van der Waals surface area contributed by atoms with Crippen molar-refractivity contribution in [3.05, 3.63) is 59.7 Å². The quantitative estimate of drug-likeness (QED) is 0.808. The fourth-order valence-electron chi connectivity index (χ4n) is 4.36. The Labute approximate surface area is 166 Å². The van der Waals surface area contributed by atoms with Crippen molar-refractivity contribution < 1.29 is 14.6 Å². The van der Waals surface area contributed by atoms with Gasteiger partial charge in [0.2, 0.25) is 0 Å². The summed E-state index contributed by atoms with van der Waals surface area (Å²) in [6, 6.07) is 16.7. The summed E-state index contributed by atoms with van der Waals surface area (Å²) in [5.41, 5.74) is 4.92. The van der Waals surface area contributed by atoms with E-state index in [0.717, 1.165) is 32.5 Å². The Morgan fingerprint density at radius 1 is 1.04 bits per heavy atom. The Balaban J connectivity index is 1.26. The summed E-state index contributed by atoms with van der Waals surface area (Å²) in [6.07, 6.45) is 1.70. The Bertz CT molecular complexity index is 769. The van der Waals surface area contributed by atoms with E-state index >= 15 is 0 Å². The molecule has 4 rings (SSSR count). The number of ether oxygens (including phenoxy) is 1. The van der Waals surface area contributed by atoms with Crippen LogP contribution in [0.25, 0.3) is 11.1 Å². The molecule has 1 amide bonds. The van der Waals surface area contributed by atoms with Gasteiger partial charge < -0.3 is 20.1 Å². The van der Waals surface area contributed by atoms with Gasteiger partial charge in [-0.2, -0.15) is 0 Å². The third-order valence-corrected chi connectivity index (χ3v) is 6.01. The van der Waals surface area contributed by atoms with Crippen molar-refractivity contribution in [2.45, 2.75) is 18.8 Å². The van der Waals surface area contributed by atoms with Crippen molar-refractivity contribution >= 4 is 6.09 Å². The molecule has 1 aliphatic carbocycles. The van der Waals surface area contributed by atoms with Gasteiger partial charge in [-0.05, 0) is 54.1 Å². The zero-order valence-electron chi connectivity index (χ0n) is 16.1. The average Bonchev–Trinajstić information content (AvgIpc) is 3.07. The Morgan fingerprint density at radius 3 is 2.25 bits per heavy atom. The van der Waals surface area contributed by atoms with E-state index in [9.17, 15) is 9.90 Å². The molecule has 1 saturated heterocycles. The van der Waals surface area contributed by atoms with Gasteiger partial charge in [0.1, 0.15) is 6.61 Å². The Hall–Kier alpha value is -2.37. The van der Waals surface area contributed by atoms with Crippen LogP contribution in [0.15, 0.2) is 48.5 Å². The monoisotopic (exact) mass is 380 g/mol. The van der Waals surface area contributed by atoms with E-state index in [1.807, 2.05) is 12.1 Å². The summed E-state index contributed by atoms with van der Waals surface area (Å²) in [4.78, 5) is 14.5. The number of nitrogens with zero attached hydrogens (tertiary/aromatic N) is 1. The molecule has 0 atom stereocenters. The highest BCUT2D eigenvalue weighted by molar-refractivity contribution is 5.79. The van der Waals surface area contributed by atoms with Crippen LogP contribution in [0.5, 0.6) is 0 Å². The SMILES string of the molecule is O=C(NCCN1CCC(CO)CC1)OCC1c2ccccc2-c2ccccc21. The van der Waals surface area contributed by atoms with Gasteiger partial charge in [-0.1, -0.05) is 48.5 Å². The molecular formula is C23H28N2O3. The van der Waals surface area contributed by atoms with E-state index in [4.69, 9.17) is 4.74 Å². The first-order valence-corrected chi connectivity index (χ1v) is 10.2. The van der Waals surface area contributed by atoms with Gasteiger partial charge in [-0.15, -0.1) is 0 Å². The second-order valence-corrected chi connectivity index (χ2v) is 7.72. The molecule has 148 valence electrons. The van der Waals surface area contributed by atoms with Crippen LogP contribution in [0.3, 0.4) is 0 Å². The first-order valence-electron chi connectivity index (χ1n) is 10.2. The second-order valence-electron chi connectivity index (χ2n) is 7.72. The maximum Gasteiger partial charge on any atom is 0.407 e. The second kappa shape index (κ2) is 8.76. The standard InChI is InChI=1S/C23H28N2O3/c26-15-17-9-12-25(13-10-17)14-11-24-23(27)28-16-22-20-7-3-1-5-18(20)19-6-2-4-8-21(19)22/h1-8,17,22,26H,9-16H2,(H,24,27). The highest BCUT2D eigenvalue weighted by atomic mass is 16.5. The van der Waals surface area contributed by atoms with Crippen LogP contribution < -0.4 is 5.32 Å². The molecule has 1 heterocycles. The predicted molar refractivity (Wildman–Crippen MR) is 109 cm³/mol. The van der Waals surface area contributed by atoms with Gasteiger partial charge in [0.05, 0.1) is 0 Å². The molecule has 0 unspecified atom stereocenters. The molecule has 28 heavy (non-hydrogen) atoms. The normalized spacial score (nSPS) is 17.2. The van der Waals surface area contributed by atoms with Crippen LogP contribution >= 0.6 is 0 Å². The number of fused-ring (bicyclic) bond motifs is 3. The van der Waals surface area contributed by atoms with Crippen LogP contribution in [0, 0.1) is 5.92 Å². The van der Waals surface area contributed by atoms with Crippen molar-refractivity contribution in [1.29, 1.82) is 0 Å². The lowest BCUT2D eigenvalue weighted by atomic mass is 9.98. The molecule has 0 aromatic heterocycles. The summed E-state index contributed by atoms with van der Waals surface area (Å²) in [7, 11) is 0. The van der Waals surface area contributed by atoms with Crippen LogP contribution in [0.1, 0.15) is 29.9 Å². The zero-order valence-corrected chi connectivity index (χ0v) is 16.1. The van der Waals surface area contributed by atoms with E-state index in [-0.39, 0.29) is 18.6 Å². The third kappa shape index (κ3) is 4.05. The van der Waals surface area contributed by atoms with Crippen LogP contribution in [0.4, 0.5) is 4.79 Å². The van der Waals surface area contributed by atoms with E-state index in [1.165, 1.54) is 22.3 Å². The van der Waals surface area contributed by atoms with Gasteiger partial charge in [0.15, 0.2) is 0 Å². The first-order chi connectivity index (χ1) is 13.8. The number of amides is 1. The molecule has 2 aromatic rings. The number of alkyl carbamates (subject to hydrolysis) is 1. The summed E-state index contributed by atoms with van der Waals surface area (Å²) >= 11 is 0. The van der Waals surface area contributed by atoms with Crippen molar-refractivity contribution in [3.63, 3.8) is 0 Å². The maximum atomic E-state index is 12.2. The number of carbonyl (C=O) groups excluding carboxylic acids is 1. The Kier molecular flexibility index (Phi) is 5.93. The van der Waals surface area contributed by atoms with Gasteiger partial charge >= 0.3 is 6.09 Å². The van der Waals surface area contributed by atoms with Crippen LogP contribution in [0.2, 0.25) is 0 Å². The fourth-order valence-corrected chi connectivity index (χ4v) is 4.36. The number of hydrogen-bond acceptors (Lipinski definition) is 4. The maximum absolute atomic E-state index is 12.2. The number of carbonyl (C=O) groups is 1. The summed E-state index contributed by atoms with van der Waals surface area (Å²) < 4.78 is 5.56. The van der Waals surface area contributed by atoms with E-state index in [1.54, 1.807) is 0 Å². The number of rotatable bonds is 6. The molecule has 2 aliphatic rings. The lowest BCUT2D eigenvalue weighted by Crippen LogP contribution is -2.40. The van der Waals surface area contributed by atoms with Crippen molar-refractivity contribution in [2.75, 3.05) is 39.4 Å². The predicted octanol–water partition coefficient (Wildman–Crippen LogP) is 3.23. The fraction of sp³-hybridized carbons (Fsp3) is 0.435. The molecule has 5 nitrogen and oxygen atoms in total. The number of piperidine rings is 1. The largest absolute Gasteiger partial charge is 0.449 e. The lowest BCUT2D eigenvalue weighted by molar-refractivity contribution is 0.126. The summed E-state index contributed by atoms with van der Waals surface area (Å²) in [5, 5.41) is 12.1. The molecule has 2 N–H and O–H groups in total. The molecule has 5 heteroatoms. The number of hydrogen-bond donors (Lipinski definition) is 2. The molecule has 0 saturated carbocycles. The molecule has 2 aromatic carbocycles. The summed E-state index contributed by atoms with van der Waals surface area (Å²) in [5.74, 6) is 0.530. The molecule has 0 radical (unpaired) electrons. The van der Waals surface area contributed by atoms with Crippen molar-refractivity contribution in [3.8, 4) is 11.1 Å². The molecule has 1 fully saturated rings. The Morgan fingerprint density at radius 2 is 1.64 bits per heavy atom. The zero-order chi connectivity index (χ0) is 19.3. The number of benzene rings is 2. The summed E-state index contributed by atoms with van der Waals surface area (Å²) in [6.45, 7) is 4.01. The van der Waals surface area contributed by atoms with E-state index in [0.29, 0.717) is 19.1 Å². The van der Waals surface area contributed by atoms with Gasteiger partial charge in [-0.3, -0.25) is 0 Å². The minimum atomic E-state index is -0.355. The molecule has 0 bridgehead atoms. The first kappa shape index (κ1) is 19.0. The number of nitrogens with one attached hydrogen (secondary N) is 1. The van der Waals surface area contributed by atoms with Gasteiger partial charge in [0, 0.05) is 25.6 Å². The van der Waals surface area contributed by atoms with Crippen LogP contribution in [-0.2, 0) is 4.74 Å².